The van der Waals surface area contributed by atoms with Crippen LogP contribution in [0.1, 0.15) is 19.0 Å². The highest BCUT2D eigenvalue weighted by Gasteiger charge is 2.00. The molecule has 0 saturated heterocycles. The fourth-order valence-corrected chi connectivity index (χ4v) is 2.24. The largest absolute Gasteiger partial charge is 0.357 e. The van der Waals surface area contributed by atoms with Crippen molar-refractivity contribution >= 4 is 16.0 Å². The van der Waals surface area contributed by atoms with Crippen LogP contribution in [0.4, 0.5) is 0 Å². The number of nitrogens with one attached hydrogen (secondary N) is 3. The van der Waals surface area contributed by atoms with E-state index in [4.69, 9.17) is 0 Å². The Labute approximate surface area is 132 Å². The summed E-state index contributed by atoms with van der Waals surface area (Å²) in [7, 11) is -3.12. The molecule has 0 fully saturated rings. The van der Waals surface area contributed by atoms with Gasteiger partial charge in [0.25, 0.3) is 0 Å². The Kier molecular flexibility index (Phi) is 8.46. The minimum absolute atomic E-state index is 0.398. The molecule has 0 amide bonds. The van der Waals surface area contributed by atoms with Crippen LogP contribution < -0.4 is 15.4 Å². The van der Waals surface area contributed by atoms with Crippen LogP contribution in [0.3, 0.4) is 0 Å². The first-order valence-corrected chi connectivity index (χ1v) is 9.27. The smallest absolute Gasteiger partial charge is 0.208 e. The third-order valence-corrected chi connectivity index (χ3v) is 3.44. The Morgan fingerprint density at radius 3 is 2.73 bits per heavy atom. The van der Waals surface area contributed by atoms with Crippen LogP contribution in [-0.4, -0.2) is 51.8 Å². The summed E-state index contributed by atoms with van der Waals surface area (Å²) < 4.78 is 24.3. The Hall–Kier alpha value is -1.67. The molecule has 8 heteroatoms. The maximum absolute atomic E-state index is 10.9. The van der Waals surface area contributed by atoms with Crippen LogP contribution in [0.2, 0.25) is 0 Å². The number of nitrogens with zero attached hydrogens (tertiary/aromatic N) is 2. The van der Waals surface area contributed by atoms with Gasteiger partial charge in [0, 0.05) is 44.5 Å². The van der Waals surface area contributed by atoms with Crippen molar-refractivity contribution in [3.05, 3.63) is 30.1 Å². The molecule has 0 spiro atoms. The molecule has 22 heavy (non-hydrogen) atoms. The molecular formula is C14H25N5O2S. The van der Waals surface area contributed by atoms with Gasteiger partial charge in [0.1, 0.15) is 0 Å². The molecule has 0 bridgehead atoms. The van der Waals surface area contributed by atoms with E-state index in [-0.39, 0.29) is 0 Å². The average Bonchev–Trinajstić information content (AvgIpc) is 2.47. The summed E-state index contributed by atoms with van der Waals surface area (Å²) in [5.74, 6) is 0.734. The Morgan fingerprint density at radius 2 is 2.09 bits per heavy atom. The van der Waals surface area contributed by atoms with Gasteiger partial charge in [-0.15, -0.1) is 0 Å². The number of pyridine rings is 1. The van der Waals surface area contributed by atoms with E-state index in [1.165, 1.54) is 0 Å². The number of guanidine groups is 1. The monoisotopic (exact) mass is 327 g/mol. The lowest BCUT2D eigenvalue weighted by Crippen LogP contribution is -2.38. The van der Waals surface area contributed by atoms with Crippen molar-refractivity contribution in [2.24, 2.45) is 4.99 Å². The van der Waals surface area contributed by atoms with Gasteiger partial charge in [-0.1, -0.05) is 6.07 Å². The Morgan fingerprint density at radius 1 is 1.27 bits per heavy atom. The first-order chi connectivity index (χ1) is 10.5. The van der Waals surface area contributed by atoms with E-state index in [0.717, 1.165) is 37.4 Å². The molecule has 0 aliphatic heterocycles. The summed E-state index contributed by atoms with van der Waals surface area (Å²) in [6.45, 7) is 4.47. The number of hydrogen-bond acceptors (Lipinski definition) is 4. The highest BCUT2D eigenvalue weighted by Crippen LogP contribution is 1.93. The normalized spacial score (nSPS) is 12.2. The van der Waals surface area contributed by atoms with Gasteiger partial charge in [-0.05, 0) is 25.5 Å². The fourth-order valence-electron chi connectivity index (χ4n) is 1.72. The number of rotatable bonds is 9. The minimum atomic E-state index is -3.12. The summed E-state index contributed by atoms with van der Waals surface area (Å²) >= 11 is 0. The quantitative estimate of drug-likeness (QED) is 0.340. The second kappa shape index (κ2) is 10.1. The predicted octanol–water partition coefficient (Wildman–Crippen LogP) is 0.119. The molecule has 1 heterocycles. The molecule has 0 radical (unpaired) electrons. The molecule has 0 aliphatic carbocycles. The summed E-state index contributed by atoms with van der Waals surface area (Å²) in [6, 6.07) is 5.85. The SMILES string of the molecule is CCNC(=NCCCNS(C)(=O)=O)NCCc1ccccn1. The molecule has 1 aromatic rings. The van der Waals surface area contributed by atoms with Crippen molar-refractivity contribution in [3.63, 3.8) is 0 Å². The van der Waals surface area contributed by atoms with E-state index in [0.29, 0.717) is 19.5 Å². The lowest BCUT2D eigenvalue weighted by Gasteiger charge is -2.11. The zero-order chi connectivity index (χ0) is 16.3. The average molecular weight is 327 g/mol. The highest BCUT2D eigenvalue weighted by atomic mass is 32.2. The molecule has 0 unspecified atom stereocenters. The number of sulfonamides is 1. The van der Waals surface area contributed by atoms with E-state index in [1.807, 2.05) is 25.1 Å². The zero-order valence-corrected chi connectivity index (χ0v) is 14.0. The molecule has 124 valence electrons. The van der Waals surface area contributed by atoms with Crippen molar-refractivity contribution < 1.29 is 8.42 Å². The van der Waals surface area contributed by atoms with Gasteiger partial charge in [0.05, 0.1) is 6.26 Å². The molecule has 3 N–H and O–H groups in total. The summed E-state index contributed by atoms with van der Waals surface area (Å²) in [5, 5.41) is 6.39. The number of hydrogen-bond donors (Lipinski definition) is 3. The molecule has 1 rings (SSSR count). The standard InChI is InChI=1S/C14H25N5O2S/c1-3-15-14(17-10-6-11-19-22(2,20)21)18-12-8-13-7-4-5-9-16-13/h4-5,7,9,19H,3,6,8,10-12H2,1-2H3,(H2,15,17,18). The predicted molar refractivity (Wildman–Crippen MR) is 89.4 cm³/mol. The lowest BCUT2D eigenvalue weighted by molar-refractivity contribution is 0.585. The van der Waals surface area contributed by atoms with Gasteiger partial charge in [-0.3, -0.25) is 9.98 Å². The second-order valence-electron chi connectivity index (χ2n) is 4.78. The van der Waals surface area contributed by atoms with E-state index < -0.39 is 10.0 Å². The Balaban J connectivity index is 2.29. The molecule has 0 aromatic carbocycles. The van der Waals surface area contributed by atoms with Crippen LogP contribution in [0.25, 0.3) is 0 Å². The van der Waals surface area contributed by atoms with E-state index in [2.05, 4.69) is 25.3 Å². The van der Waals surface area contributed by atoms with Crippen molar-refractivity contribution in [2.75, 3.05) is 32.4 Å². The first kappa shape index (κ1) is 18.4. The van der Waals surface area contributed by atoms with Crippen LogP contribution in [0.5, 0.6) is 0 Å². The van der Waals surface area contributed by atoms with Crippen molar-refractivity contribution in [1.82, 2.24) is 20.3 Å². The van der Waals surface area contributed by atoms with E-state index >= 15 is 0 Å². The maximum atomic E-state index is 10.9. The molecule has 0 aliphatic rings. The first-order valence-electron chi connectivity index (χ1n) is 7.38. The van der Waals surface area contributed by atoms with Gasteiger partial charge in [-0.25, -0.2) is 13.1 Å². The van der Waals surface area contributed by atoms with Gasteiger partial charge in [-0.2, -0.15) is 0 Å². The third kappa shape index (κ3) is 9.30. The summed E-state index contributed by atoms with van der Waals surface area (Å²) in [5.41, 5.74) is 1.03. The van der Waals surface area contributed by atoms with Crippen molar-refractivity contribution in [3.8, 4) is 0 Å². The van der Waals surface area contributed by atoms with E-state index in [1.54, 1.807) is 6.20 Å². The van der Waals surface area contributed by atoms with Crippen molar-refractivity contribution in [2.45, 2.75) is 19.8 Å². The van der Waals surface area contributed by atoms with Crippen LogP contribution >= 0.6 is 0 Å². The van der Waals surface area contributed by atoms with Gasteiger partial charge < -0.3 is 10.6 Å². The molecule has 0 saturated carbocycles. The minimum Gasteiger partial charge on any atom is -0.357 e. The molecular weight excluding hydrogens is 302 g/mol. The number of aromatic nitrogens is 1. The lowest BCUT2D eigenvalue weighted by atomic mass is 10.3. The van der Waals surface area contributed by atoms with Crippen LogP contribution in [0.15, 0.2) is 29.4 Å². The van der Waals surface area contributed by atoms with Crippen LogP contribution in [0, 0.1) is 0 Å². The maximum Gasteiger partial charge on any atom is 0.208 e. The third-order valence-electron chi connectivity index (χ3n) is 2.71. The highest BCUT2D eigenvalue weighted by molar-refractivity contribution is 7.88. The summed E-state index contributed by atoms with van der Waals surface area (Å²) in [6.07, 6.45) is 4.41. The van der Waals surface area contributed by atoms with Crippen molar-refractivity contribution in [1.29, 1.82) is 0 Å². The molecule has 1 aromatic heterocycles. The number of aliphatic imine (C=N–C) groups is 1. The van der Waals surface area contributed by atoms with Gasteiger partial charge >= 0.3 is 0 Å². The van der Waals surface area contributed by atoms with Gasteiger partial charge in [0.15, 0.2) is 5.96 Å². The van der Waals surface area contributed by atoms with Gasteiger partial charge in [0.2, 0.25) is 10.0 Å². The second-order valence-corrected chi connectivity index (χ2v) is 6.61. The molecule has 7 nitrogen and oxygen atoms in total. The topological polar surface area (TPSA) is 95.5 Å². The zero-order valence-electron chi connectivity index (χ0n) is 13.2. The molecule has 0 atom stereocenters. The van der Waals surface area contributed by atoms with Crippen LogP contribution in [-0.2, 0) is 16.4 Å². The Bertz CT molecular complexity index is 546. The summed E-state index contributed by atoms with van der Waals surface area (Å²) in [4.78, 5) is 8.67. The van der Waals surface area contributed by atoms with E-state index in [9.17, 15) is 8.42 Å². The fraction of sp³-hybridized carbons (Fsp3) is 0.571.